The number of hydrogen-bond donors (Lipinski definition) is 2. The van der Waals surface area contributed by atoms with E-state index < -0.39 is 28.9 Å². The number of rotatable bonds is 20. The summed E-state index contributed by atoms with van der Waals surface area (Å²) in [6.07, 6.45) is 4.59. The Labute approximate surface area is 280 Å². The lowest BCUT2D eigenvalue weighted by atomic mass is 9.91. The molecule has 1 fully saturated rings. The molecule has 0 aromatic carbocycles. The Bertz CT molecular complexity index is 1050. The van der Waals surface area contributed by atoms with E-state index in [0.29, 0.717) is 25.7 Å². The normalized spacial score (nSPS) is 14.4. The van der Waals surface area contributed by atoms with E-state index in [-0.39, 0.29) is 75.7 Å². The topological polar surface area (TPSA) is 170 Å². The summed E-state index contributed by atoms with van der Waals surface area (Å²) in [6, 6.07) is 0. The number of likely N-dealkylation sites (tertiary alicyclic amines) is 1. The Morgan fingerprint density at radius 1 is 0.915 bits per heavy atom. The third-order valence-electron chi connectivity index (χ3n) is 7.25. The lowest BCUT2D eigenvalue weighted by Crippen LogP contribution is -2.69. The molecule has 14 heteroatoms. The van der Waals surface area contributed by atoms with Gasteiger partial charge in [-0.2, -0.15) is 0 Å². The molecule has 5 amide bonds. The average molecular weight is 671 g/mol. The number of nitrogens with one attached hydrogen (secondary N) is 2. The zero-order chi connectivity index (χ0) is 36.3. The number of aldehydes is 1. The van der Waals surface area contributed by atoms with Crippen LogP contribution >= 0.6 is 0 Å². The first-order valence-electron chi connectivity index (χ1n) is 15.8. The lowest BCUT2D eigenvalue weighted by Gasteiger charge is -2.50. The molecular formula is C33H58N4O10. The van der Waals surface area contributed by atoms with Crippen LogP contribution in [0, 0.1) is 0 Å². The van der Waals surface area contributed by atoms with Crippen LogP contribution in [-0.4, -0.2) is 129 Å². The number of nitrogens with zero attached hydrogens (tertiary/aromatic N) is 2. The Morgan fingerprint density at radius 2 is 1.53 bits per heavy atom. The van der Waals surface area contributed by atoms with Crippen LogP contribution in [0.2, 0.25) is 0 Å². The van der Waals surface area contributed by atoms with Crippen molar-refractivity contribution in [3.8, 4) is 0 Å². The second kappa shape index (κ2) is 20.9. The highest BCUT2D eigenvalue weighted by molar-refractivity contribution is 5.95. The van der Waals surface area contributed by atoms with Crippen molar-refractivity contribution in [3.05, 3.63) is 12.2 Å². The molecule has 0 aliphatic carbocycles. The standard InChI is InChI=1S/C28H46N4O9.C5H12O/c1-7-9-24(37)31(21-34)13-10-22(35)30-18-28(41-17-23(36)29-12-8-14-33)19-32(20-28)25(38)16-27(4,5)40-15-11-26(2,3)39-6;1-5(2,3)6-4/h7,9,14,21H,8,10-13,15-20H2,1-6H3,(H,29,36)(H,30,35);1-4H3/b9-7-;. The minimum atomic E-state index is -1.01. The Hall–Kier alpha value is -3.20. The smallest absolute Gasteiger partial charge is 0.252 e. The molecule has 1 aliphatic heterocycles. The van der Waals surface area contributed by atoms with Crippen LogP contribution in [0.3, 0.4) is 0 Å². The largest absolute Gasteiger partial charge is 0.379 e. The van der Waals surface area contributed by atoms with E-state index >= 15 is 0 Å². The highest BCUT2D eigenvalue weighted by Crippen LogP contribution is 2.28. The third-order valence-corrected chi connectivity index (χ3v) is 7.25. The molecule has 1 saturated heterocycles. The van der Waals surface area contributed by atoms with Crippen LogP contribution < -0.4 is 10.6 Å². The summed E-state index contributed by atoms with van der Waals surface area (Å²) in [4.78, 5) is 73.6. The van der Waals surface area contributed by atoms with Crippen LogP contribution in [-0.2, 0) is 47.7 Å². The molecule has 0 radical (unpaired) electrons. The molecule has 0 spiro atoms. The van der Waals surface area contributed by atoms with Crippen LogP contribution in [0.4, 0.5) is 0 Å². The van der Waals surface area contributed by atoms with Gasteiger partial charge in [0.2, 0.25) is 24.1 Å². The van der Waals surface area contributed by atoms with E-state index in [0.717, 1.165) is 4.90 Å². The molecule has 0 aromatic rings. The predicted molar refractivity (Wildman–Crippen MR) is 176 cm³/mol. The molecule has 1 heterocycles. The van der Waals surface area contributed by atoms with Crippen LogP contribution in [0.5, 0.6) is 0 Å². The Kier molecular flexibility index (Phi) is 19.5. The van der Waals surface area contributed by atoms with Gasteiger partial charge in [0.15, 0.2) is 0 Å². The third kappa shape index (κ3) is 19.3. The molecule has 0 atom stereocenters. The van der Waals surface area contributed by atoms with Gasteiger partial charge in [-0.3, -0.25) is 28.9 Å². The monoisotopic (exact) mass is 670 g/mol. The minimum Gasteiger partial charge on any atom is -0.379 e. The predicted octanol–water partition coefficient (Wildman–Crippen LogP) is 1.79. The number of ether oxygens (including phenoxy) is 4. The molecule has 1 aliphatic rings. The van der Waals surface area contributed by atoms with Crippen molar-refractivity contribution >= 4 is 36.3 Å². The van der Waals surface area contributed by atoms with Crippen LogP contribution in [0.25, 0.3) is 0 Å². The molecule has 47 heavy (non-hydrogen) atoms. The molecule has 0 saturated carbocycles. The number of carbonyl (C=O) groups excluding carboxylic acids is 6. The van der Waals surface area contributed by atoms with Gasteiger partial charge >= 0.3 is 0 Å². The highest BCUT2D eigenvalue weighted by Gasteiger charge is 2.47. The minimum absolute atomic E-state index is 0.00707. The molecule has 0 aromatic heterocycles. The fourth-order valence-electron chi connectivity index (χ4n) is 3.85. The van der Waals surface area contributed by atoms with Gasteiger partial charge in [0.1, 0.15) is 18.5 Å². The zero-order valence-corrected chi connectivity index (χ0v) is 30.1. The highest BCUT2D eigenvalue weighted by atomic mass is 16.5. The van der Waals surface area contributed by atoms with Gasteiger partial charge in [0, 0.05) is 40.2 Å². The summed E-state index contributed by atoms with van der Waals surface area (Å²) in [5.41, 5.74) is -2.03. The summed E-state index contributed by atoms with van der Waals surface area (Å²) >= 11 is 0. The zero-order valence-electron chi connectivity index (χ0n) is 30.1. The van der Waals surface area contributed by atoms with Crippen molar-refractivity contribution < 1.29 is 47.7 Å². The van der Waals surface area contributed by atoms with Crippen molar-refractivity contribution in [3.63, 3.8) is 0 Å². The second-order valence-corrected chi connectivity index (χ2v) is 13.5. The Morgan fingerprint density at radius 3 is 2.04 bits per heavy atom. The van der Waals surface area contributed by atoms with Crippen molar-refractivity contribution in [2.45, 2.75) is 103 Å². The summed E-state index contributed by atoms with van der Waals surface area (Å²) in [5.74, 6) is -1.55. The summed E-state index contributed by atoms with van der Waals surface area (Å²) < 4.78 is 22.2. The van der Waals surface area contributed by atoms with Crippen LogP contribution in [0.1, 0.15) is 81.1 Å². The first-order valence-corrected chi connectivity index (χ1v) is 15.8. The summed E-state index contributed by atoms with van der Waals surface area (Å²) in [6.45, 7) is 15.7. The first kappa shape index (κ1) is 43.8. The molecule has 0 bridgehead atoms. The number of carbonyl (C=O) groups is 6. The van der Waals surface area contributed by atoms with Gasteiger partial charge in [-0.15, -0.1) is 0 Å². The molecule has 270 valence electrons. The number of imide groups is 1. The molecule has 0 unspecified atom stereocenters. The van der Waals surface area contributed by atoms with Crippen molar-refractivity contribution in [1.82, 2.24) is 20.4 Å². The summed E-state index contributed by atoms with van der Waals surface area (Å²) in [5, 5.41) is 5.28. The maximum Gasteiger partial charge on any atom is 0.252 e. The van der Waals surface area contributed by atoms with E-state index in [1.54, 1.807) is 26.0 Å². The number of amides is 5. The molecule has 2 N–H and O–H groups in total. The maximum absolute atomic E-state index is 13.0. The lowest BCUT2D eigenvalue weighted by molar-refractivity contribution is -0.175. The summed E-state index contributed by atoms with van der Waals surface area (Å²) in [7, 11) is 3.34. The molecule has 14 nitrogen and oxygen atoms in total. The van der Waals surface area contributed by atoms with Crippen LogP contribution in [0.15, 0.2) is 12.2 Å². The van der Waals surface area contributed by atoms with Gasteiger partial charge in [-0.1, -0.05) is 6.08 Å². The second-order valence-electron chi connectivity index (χ2n) is 13.5. The number of allylic oxidation sites excluding steroid dienone is 1. The number of methoxy groups -OCH3 is 2. The maximum atomic E-state index is 13.0. The van der Waals surface area contributed by atoms with E-state index in [1.165, 1.54) is 12.2 Å². The van der Waals surface area contributed by atoms with Crippen molar-refractivity contribution in [2.75, 3.05) is 60.2 Å². The Balaban J connectivity index is 0.00000320. The molecule has 1 rings (SSSR count). The molecular weight excluding hydrogens is 612 g/mol. The van der Waals surface area contributed by atoms with Gasteiger partial charge in [-0.25, -0.2) is 0 Å². The fourth-order valence-corrected chi connectivity index (χ4v) is 3.85. The van der Waals surface area contributed by atoms with Gasteiger partial charge in [0.05, 0.1) is 49.5 Å². The van der Waals surface area contributed by atoms with E-state index in [2.05, 4.69) is 10.6 Å². The first-order chi connectivity index (χ1) is 21.8. The fraction of sp³-hybridized carbons (Fsp3) is 0.758. The quantitative estimate of drug-likeness (QED) is 0.111. The number of hydrogen-bond acceptors (Lipinski definition) is 10. The van der Waals surface area contributed by atoms with E-state index in [1.807, 2.05) is 48.5 Å². The van der Waals surface area contributed by atoms with Crippen molar-refractivity contribution in [1.29, 1.82) is 0 Å². The van der Waals surface area contributed by atoms with Crippen molar-refractivity contribution in [2.24, 2.45) is 0 Å². The van der Waals surface area contributed by atoms with Gasteiger partial charge in [0.25, 0.3) is 5.91 Å². The SMILES string of the molecule is C/C=C\C(=O)N(C=O)CCC(=O)NCC1(OCC(=O)NCCC=O)CN(C(=O)CC(C)(C)OCCC(C)(C)OC)C1.COC(C)(C)C. The van der Waals surface area contributed by atoms with Gasteiger partial charge < -0.3 is 39.3 Å². The van der Waals surface area contributed by atoms with Gasteiger partial charge in [-0.05, 0) is 67.9 Å². The average Bonchev–Trinajstić information content (AvgIpc) is 2.96. The van der Waals surface area contributed by atoms with E-state index in [9.17, 15) is 28.8 Å². The van der Waals surface area contributed by atoms with E-state index in [4.69, 9.17) is 18.9 Å².